The van der Waals surface area contributed by atoms with Crippen LogP contribution in [-0.4, -0.2) is 52.6 Å². The molecule has 3 aromatic rings. The zero-order valence-corrected chi connectivity index (χ0v) is 17.1. The van der Waals surface area contributed by atoms with Gasteiger partial charge in [0.2, 0.25) is 0 Å². The lowest BCUT2D eigenvalue weighted by atomic mass is 10.1. The van der Waals surface area contributed by atoms with Crippen molar-refractivity contribution in [1.29, 1.82) is 0 Å². The molecule has 0 aliphatic carbocycles. The lowest BCUT2D eigenvalue weighted by Crippen LogP contribution is -2.42. The second-order valence-electron chi connectivity index (χ2n) is 7.24. The highest BCUT2D eigenvalue weighted by molar-refractivity contribution is 5.92. The summed E-state index contributed by atoms with van der Waals surface area (Å²) in [6, 6.07) is 13.9. The van der Waals surface area contributed by atoms with Crippen LogP contribution in [0.3, 0.4) is 0 Å². The molecule has 0 radical (unpaired) electrons. The summed E-state index contributed by atoms with van der Waals surface area (Å²) in [4.78, 5) is 27.7. The lowest BCUT2D eigenvalue weighted by molar-refractivity contribution is -0.0250. The van der Waals surface area contributed by atoms with Gasteiger partial charge in [0.15, 0.2) is 0 Å². The summed E-state index contributed by atoms with van der Waals surface area (Å²) in [5.41, 5.74) is 4.02. The Morgan fingerprint density at radius 2 is 2.07 bits per heavy atom. The van der Waals surface area contributed by atoms with Gasteiger partial charge in [-0.25, -0.2) is 4.98 Å². The van der Waals surface area contributed by atoms with Gasteiger partial charge in [-0.1, -0.05) is 18.2 Å². The Balaban J connectivity index is 1.47. The predicted octanol–water partition coefficient (Wildman–Crippen LogP) is 2.99. The van der Waals surface area contributed by atoms with E-state index in [1.807, 2.05) is 43.3 Å². The minimum atomic E-state index is -0.272. The Morgan fingerprint density at radius 3 is 2.87 bits per heavy atom. The van der Waals surface area contributed by atoms with Gasteiger partial charge in [-0.3, -0.25) is 14.8 Å². The Morgan fingerprint density at radius 1 is 1.20 bits per heavy atom. The van der Waals surface area contributed by atoms with Crippen molar-refractivity contribution >= 4 is 5.91 Å². The fraction of sp³-hybridized carbons (Fsp3) is 0.304. The van der Waals surface area contributed by atoms with Crippen LogP contribution in [0.2, 0.25) is 0 Å². The van der Waals surface area contributed by atoms with Gasteiger partial charge in [-0.05, 0) is 36.8 Å². The van der Waals surface area contributed by atoms with Crippen LogP contribution < -0.4 is 4.74 Å². The van der Waals surface area contributed by atoms with E-state index in [0.717, 1.165) is 28.4 Å². The minimum Gasteiger partial charge on any atom is -0.497 e. The number of carbonyl (C=O) groups is 1. The summed E-state index contributed by atoms with van der Waals surface area (Å²) in [6.45, 7) is 3.26. The van der Waals surface area contributed by atoms with Crippen molar-refractivity contribution in [1.82, 2.24) is 19.9 Å². The van der Waals surface area contributed by atoms with Crippen molar-refractivity contribution in [3.8, 4) is 5.75 Å². The molecule has 0 saturated carbocycles. The van der Waals surface area contributed by atoms with E-state index in [2.05, 4.69) is 16.0 Å². The first-order valence-corrected chi connectivity index (χ1v) is 9.90. The van der Waals surface area contributed by atoms with Crippen molar-refractivity contribution in [3.05, 3.63) is 83.2 Å². The maximum Gasteiger partial charge on any atom is 0.274 e. The second-order valence-corrected chi connectivity index (χ2v) is 7.24. The number of carbonyl (C=O) groups excluding carboxylic acids is 1. The summed E-state index contributed by atoms with van der Waals surface area (Å²) in [7, 11) is 1.66. The molecule has 0 N–H and O–H groups in total. The van der Waals surface area contributed by atoms with Gasteiger partial charge in [0.25, 0.3) is 5.91 Å². The highest BCUT2D eigenvalue weighted by Gasteiger charge is 2.27. The zero-order chi connectivity index (χ0) is 20.9. The van der Waals surface area contributed by atoms with Crippen LogP contribution in [-0.2, 0) is 11.2 Å². The van der Waals surface area contributed by atoms with Gasteiger partial charge < -0.3 is 14.4 Å². The van der Waals surface area contributed by atoms with Gasteiger partial charge >= 0.3 is 0 Å². The molecule has 1 aliphatic heterocycles. The first-order chi connectivity index (χ1) is 14.6. The summed E-state index contributed by atoms with van der Waals surface area (Å²) in [5.74, 6) is 0.691. The number of rotatable bonds is 5. The number of aromatic nitrogens is 3. The molecule has 30 heavy (non-hydrogen) atoms. The number of morpholine rings is 1. The zero-order valence-electron chi connectivity index (χ0n) is 17.1. The number of ether oxygens (including phenoxy) is 2. The molecule has 2 aromatic heterocycles. The van der Waals surface area contributed by atoms with Crippen molar-refractivity contribution < 1.29 is 14.3 Å². The van der Waals surface area contributed by atoms with Gasteiger partial charge in [-0.2, -0.15) is 0 Å². The number of nitrogens with zero attached hydrogens (tertiary/aromatic N) is 4. The molecule has 1 unspecified atom stereocenters. The van der Waals surface area contributed by atoms with E-state index in [9.17, 15) is 4.79 Å². The summed E-state index contributed by atoms with van der Waals surface area (Å²) in [6.07, 6.45) is 3.55. The van der Waals surface area contributed by atoms with Crippen molar-refractivity contribution in [2.75, 3.05) is 26.8 Å². The van der Waals surface area contributed by atoms with Crippen LogP contribution in [0.4, 0.5) is 0 Å². The van der Waals surface area contributed by atoms with Crippen LogP contribution in [0, 0.1) is 6.92 Å². The number of amides is 1. The molecule has 1 aliphatic rings. The van der Waals surface area contributed by atoms with Gasteiger partial charge in [-0.15, -0.1) is 0 Å². The number of methoxy groups -OCH3 is 1. The van der Waals surface area contributed by atoms with Crippen LogP contribution in [0.1, 0.15) is 39.2 Å². The molecule has 7 heteroatoms. The number of hydrogen-bond acceptors (Lipinski definition) is 6. The molecule has 4 rings (SSSR count). The quantitative estimate of drug-likeness (QED) is 0.651. The van der Waals surface area contributed by atoms with E-state index in [1.165, 1.54) is 6.20 Å². The third kappa shape index (κ3) is 4.63. The largest absolute Gasteiger partial charge is 0.497 e. The van der Waals surface area contributed by atoms with Gasteiger partial charge in [0.1, 0.15) is 17.5 Å². The molecule has 1 saturated heterocycles. The molecule has 1 atom stereocenters. The van der Waals surface area contributed by atoms with Crippen molar-refractivity contribution in [3.63, 3.8) is 0 Å². The third-order valence-corrected chi connectivity index (χ3v) is 5.03. The number of pyridine rings is 1. The monoisotopic (exact) mass is 404 g/mol. The number of aryl methyl sites for hydroxylation is 1. The van der Waals surface area contributed by atoms with Crippen LogP contribution in [0.25, 0.3) is 0 Å². The van der Waals surface area contributed by atoms with Crippen molar-refractivity contribution in [2.45, 2.75) is 19.4 Å². The molecular formula is C23H24N4O3. The van der Waals surface area contributed by atoms with Crippen LogP contribution in [0.5, 0.6) is 5.75 Å². The summed E-state index contributed by atoms with van der Waals surface area (Å²) < 4.78 is 11.2. The SMILES string of the molecule is COc1cccc(Cc2cccc(C3CN(C(=O)c4cnc(C)cn4)CCO3)n2)c1. The topological polar surface area (TPSA) is 77.4 Å². The van der Waals surface area contributed by atoms with E-state index in [0.29, 0.717) is 31.8 Å². The maximum absolute atomic E-state index is 12.8. The minimum absolute atomic E-state index is 0.136. The van der Waals surface area contributed by atoms with E-state index in [4.69, 9.17) is 14.5 Å². The van der Waals surface area contributed by atoms with Gasteiger partial charge in [0.05, 0.1) is 37.8 Å². The van der Waals surface area contributed by atoms with E-state index >= 15 is 0 Å². The summed E-state index contributed by atoms with van der Waals surface area (Å²) >= 11 is 0. The van der Waals surface area contributed by atoms with Crippen LogP contribution >= 0.6 is 0 Å². The molecule has 0 bridgehead atoms. The molecule has 3 heterocycles. The molecule has 1 amide bonds. The molecule has 1 aromatic carbocycles. The fourth-order valence-corrected chi connectivity index (χ4v) is 3.45. The lowest BCUT2D eigenvalue weighted by Gasteiger charge is -2.32. The maximum atomic E-state index is 12.8. The Labute approximate surface area is 175 Å². The third-order valence-electron chi connectivity index (χ3n) is 5.03. The average molecular weight is 404 g/mol. The van der Waals surface area contributed by atoms with Crippen LogP contribution in [0.15, 0.2) is 54.9 Å². The molecule has 0 spiro atoms. The highest BCUT2D eigenvalue weighted by atomic mass is 16.5. The Hall–Kier alpha value is -3.32. The first-order valence-electron chi connectivity index (χ1n) is 9.90. The number of benzene rings is 1. The van der Waals surface area contributed by atoms with Crippen molar-refractivity contribution in [2.24, 2.45) is 0 Å². The first kappa shape index (κ1) is 20.0. The highest BCUT2D eigenvalue weighted by Crippen LogP contribution is 2.23. The average Bonchev–Trinajstić information content (AvgIpc) is 2.79. The second kappa shape index (κ2) is 9.00. The molecule has 1 fully saturated rings. The van der Waals surface area contributed by atoms with Gasteiger partial charge in [0, 0.05) is 24.9 Å². The molecular weight excluding hydrogens is 380 g/mol. The predicted molar refractivity (Wildman–Crippen MR) is 111 cm³/mol. The standard InChI is InChI=1S/C23H24N4O3/c1-16-13-25-21(14-24-16)23(28)27-9-10-30-22(15-27)20-8-4-6-18(26-20)11-17-5-3-7-19(12-17)29-2/h3-8,12-14,22H,9-11,15H2,1-2H3. The van der Waals surface area contributed by atoms with E-state index in [1.54, 1.807) is 18.2 Å². The van der Waals surface area contributed by atoms with E-state index < -0.39 is 0 Å². The Bertz CT molecular complexity index is 1020. The fourth-order valence-electron chi connectivity index (χ4n) is 3.45. The Kier molecular flexibility index (Phi) is 5.99. The molecule has 154 valence electrons. The normalized spacial score (nSPS) is 16.3. The smallest absolute Gasteiger partial charge is 0.274 e. The van der Waals surface area contributed by atoms with E-state index in [-0.39, 0.29) is 12.0 Å². The summed E-state index contributed by atoms with van der Waals surface area (Å²) in [5, 5.41) is 0. The number of hydrogen-bond donors (Lipinski definition) is 0. The molecule has 7 nitrogen and oxygen atoms in total.